The van der Waals surface area contributed by atoms with E-state index >= 15 is 0 Å². The number of nitrogens with zero attached hydrogens (tertiary/aromatic N) is 2. The summed E-state index contributed by atoms with van der Waals surface area (Å²) in [6, 6.07) is 15.9. The van der Waals surface area contributed by atoms with Gasteiger partial charge in [0.25, 0.3) is 5.91 Å². The predicted octanol–water partition coefficient (Wildman–Crippen LogP) is 3.44. The summed E-state index contributed by atoms with van der Waals surface area (Å²) in [6.07, 6.45) is 4.28. The van der Waals surface area contributed by atoms with Crippen LogP contribution in [-0.2, 0) is 36.8 Å². The fourth-order valence-electron chi connectivity index (χ4n) is 6.04. The van der Waals surface area contributed by atoms with Crippen LogP contribution >= 0.6 is 0 Å². The minimum absolute atomic E-state index is 0.0183. The monoisotopic (exact) mass is 698 g/mol. The lowest BCUT2D eigenvalue weighted by molar-refractivity contribution is -0.134. The number of ether oxygens (including phenoxy) is 1. The molecule has 2 heterocycles. The van der Waals surface area contributed by atoms with Gasteiger partial charge in [-0.15, -0.1) is 0 Å². The molecule has 0 unspecified atom stereocenters. The first-order valence-corrected chi connectivity index (χ1v) is 17.5. The van der Waals surface area contributed by atoms with Crippen LogP contribution < -0.4 is 21.7 Å². The molecule has 0 spiro atoms. The number of primary amides is 1. The Balaban J connectivity index is 1.60. The van der Waals surface area contributed by atoms with Gasteiger partial charge in [0.05, 0.1) is 24.3 Å². The summed E-state index contributed by atoms with van der Waals surface area (Å²) in [5.41, 5.74) is 6.47. The number of ketones is 1. The van der Waals surface area contributed by atoms with Crippen molar-refractivity contribution in [2.24, 2.45) is 17.6 Å². The Morgan fingerprint density at radius 1 is 0.745 bits per heavy atom. The van der Waals surface area contributed by atoms with Gasteiger partial charge in [-0.1, -0.05) is 88.4 Å². The summed E-state index contributed by atoms with van der Waals surface area (Å²) >= 11 is 0. The number of amides is 4. The van der Waals surface area contributed by atoms with E-state index in [0.717, 1.165) is 11.1 Å². The normalized spacial score (nSPS) is 17.5. The number of epoxide rings is 1. The summed E-state index contributed by atoms with van der Waals surface area (Å²) in [7, 11) is 0. The molecule has 1 fully saturated rings. The van der Waals surface area contributed by atoms with Gasteiger partial charge in [-0.3, -0.25) is 29.0 Å². The number of rotatable bonds is 19. The third-order valence-electron chi connectivity index (χ3n) is 8.87. The standard InChI is InChI=1S/C39H50N6O6/c1-24(2)20-29(34(46)39(5)23-51-39)43-38(50)31(22-27-14-10-7-11-15-27)45-37(49)30(21-25(3)4)44-36(48)28(17-16-26-12-8-6-9-13-26)32-33(35(40)47)42-19-18-41-32/h6-15,18-19,24-25,28-31H,16-17,20-23H2,1-5H3,(H2,40,47)(H,43,50)(H,44,48)(H,45,49)/t28-,29-,30-,31-,39+/m0/s1. The van der Waals surface area contributed by atoms with Crippen LogP contribution in [0, 0.1) is 11.8 Å². The van der Waals surface area contributed by atoms with E-state index in [1.54, 1.807) is 6.92 Å². The molecule has 5 atom stereocenters. The highest BCUT2D eigenvalue weighted by molar-refractivity contribution is 5.99. The number of hydrogen-bond donors (Lipinski definition) is 4. The molecule has 1 aliphatic heterocycles. The van der Waals surface area contributed by atoms with Crippen molar-refractivity contribution in [2.75, 3.05) is 6.61 Å². The van der Waals surface area contributed by atoms with Crippen LogP contribution in [0.4, 0.5) is 0 Å². The van der Waals surface area contributed by atoms with E-state index in [2.05, 4.69) is 25.9 Å². The zero-order chi connectivity index (χ0) is 37.1. The third kappa shape index (κ3) is 11.3. The maximum atomic E-state index is 14.1. The topological polar surface area (TPSA) is 186 Å². The average molecular weight is 699 g/mol. The second-order valence-electron chi connectivity index (χ2n) is 14.2. The molecule has 0 radical (unpaired) electrons. The van der Waals surface area contributed by atoms with E-state index in [1.807, 2.05) is 88.4 Å². The van der Waals surface area contributed by atoms with Gasteiger partial charge in [0, 0.05) is 18.8 Å². The largest absolute Gasteiger partial charge is 0.364 e. The van der Waals surface area contributed by atoms with Gasteiger partial charge in [-0.2, -0.15) is 0 Å². The third-order valence-corrected chi connectivity index (χ3v) is 8.87. The lowest BCUT2D eigenvalue weighted by atomic mass is 9.92. The predicted molar refractivity (Wildman–Crippen MR) is 192 cm³/mol. The summed E-state index contributed by atoms with van der Waals surface area (Å²) < 4.78 is 5.40. The number of Topliss-reactive ketones (excluding diaryl/α,β-unsaturated/α-hetero) is 1. The van der Waals surface area contributed by atoms with E-state index in [4.69, 9.17) is 10.5 Å². The summed E-state index contributed by atoms with van der Waals surface area (Å²) in [4.78, 5) is 76.3. The summed E-state index contributed by atoms with van der Waals surface area (Å²) in [6.45, 7) is 9.77. The Kier molecular flexibility index (Phi) is 13.6. The molecule has 4 rings (SSSR count). The Morgan fingerprint density at radius 3 is 1.82 bits per heavy atom. The maximum absolute atomic E-state index is 14.1. The number of nitrogens with one attached hydrogen (secondary N) is 3. The molecule has 5 N–H and O–H groups in total. The smallest absolute Gasteiger partial charge is 0.269 e. The molecule has 0 aliphatic carbocycles. The molecule has 272 valence electrons. The molecule has 1 aromatic heterocycles. The van der Waals surface area contributed by atoms with Crippen LogP contribution in [0.3, 0.4) is 0 Å². The van der Waals surface area contributed by atoms with Crippen LogP contribution in [0.2, 0.25) is 0 Å². The van der Waals surface area contributed by atoms with Crippen molar-refractivity contribution in [1.82, 2.24) is 25.9 Å². The first-order chi connectivity index (χ1) is 24.3. The van der Waals surface area contributed by atoms with E-state index in [9.17, 15) is 24.0 Å². The quantitative estimate of drug-likeness (QED) is 0.137. The molecule has 4 amide bonds. The van der Waals surface area contributed by atoms with Crippen molar-refractivity contribution in [2.45, 2.75) is 96.4 Å². The average Bonchev–Trinajstić information content (AvgIpc) is 3.85. The Bertz CT molecular complexity index is 1660. The highest BCUT2D eigenvalue weighted by Gasteiger charge is 2.50. The first kappa shape index (κ1) is 38.8. The molecule has 0 saturated carbocycles. The Morgan fingerprint density at radius 2 is 1.25 bits per heavy atom. The fraction of sp³-hybridized carbons (Fsp3) is 0.462. The highest BCUT2D eigenvalue weighted by Crippen LogP contribution is 2.30. The minimum atomic E-state index is -1.06. The molecule has 0 bridgehead atoms. The molecule has 12 heteroatoms. The molecule has 2 aromatic carbocycles. The number of aromatic nitrogens is 2. The van der Waals surface area contributed by atoms with Crippen molar-refractivity contribution in [3.05, 3.63) is 95.6 Å². The molecule has 51 heavy (non-hydrogen) atoms. The van der Waals surface area contributed by atoms with Gasteiger partial charge >= 0.3 is 0 Å². The second kappa shape index (κ2) is 17.8. The second-order valence-corrected chi connectivity index (χ2v) is 14.2. The highest BCUT2D eigenvalue weighted by atomic mass is 16.6. The summed E-state index contributed by atoms with van der Waals surface area (Å²) in [5, 5.41) is 8.68. The van der Waals surface area contributed by atoms with Crippen LogP contribution in [-0.4, -0.2) is 69.7 Å². The number of carbonyl (C=O) groups excluding carboxylic acids is 5. The zero-order valence-corrected chi connectivity index (χ0v) is 30.1. The van der Waals surface area contributed by atoms with Crippen molar-refractivity contribution < 1.29 is 28.7 Å². The maximum Gasteiger partial charge on any atom is 0.269 e. The molecule has 3 aromatic rings. The van der Waals surface area contributed by atoms with Crippen molar-refractivity contribution in [3.63, 3.8) is 0 Å². The molecule has 12 nitrogen and oxygen atoms in total. The van der Waals surface area contributed by atoms with Gasteiger partial charge in [-0.25, -0.2) is 4.98 Å². The van der Waals surface area contributed by atoms with E-state index < -0.39 is 53.3 Å². The number of nitrogens with two attached hydrogens (primary N) is 1. The Labute approximate surface area is 299 Å². The molecule has 1 aliphatic rings. The van der Waals surface area contributed by atoms with Gasteiger partial charge in [0.1, 0.15) is 23.4 Å². The van der Waals surface area contributed by atoms with Gasteiger partial charge in [0.2, 0.25) is 17.7 Å². The van der Waals surface area contributed by atoms with Crippen LogP contribution in [0.1, 0.15) is 87.1 Å². The van der Waals surface area contributed by atoms with Crippen molar-refractivity contribution in [1.29, 1.82) is 0 Å². The van der Waals surface area contributed by atoms with Gasteiger partial charge < -0.3 is 26.4 Å². The molecule has 1 saturated heterocycles. The van der Waals surface area contributed by atoms with Gasteiger partial charge in [-0.05, 0) is 55.6 Å². The summed E-state index contributed by atoms with van der Waals surface area (Å²) in [5.74, 6) is -3.51. The number of aryl methyl sites for hydroxylation is 1. The van der Waals surface area contributed by atoms with Crippen LogP contribution in [0.5, 0.6) is 0 Å². The van der Waals surface area contributed by atoms with Gasteiger partial charge in [0.15, 0.2) is 5.78 Å². The Hall–Kier alpha value is -4.97. The van der Waals surface area contributed by atoms with E-state index in [0.29, 0.717) is 19.4 Å². The van der Waals surface area contributed by atoms with Crippen LogP contribution in [0.15, 0.2) is 73.1 Å². The van der Waals surface area contributed by atoms with Crippen LogP contribution in [0.25, 0.3) is 0 Å². The minimum Gasteiger partial charge on any atom is -0.364 e. The van der Waals surface area contributed by atoms with E-state index in [1.165, 1.54) is 12.4 Å². The fourth-order valence-corrected chi connectivity index (χ4v) is 6.04. The number of benzene rings is 2. The van der Waals surface area contributed by atoms with E-state index in [-0.39, 0.29) is 48.3 Å². The van der Waals surface area contributed by atoms with Crippen molar-refractivity contribution >= 4 is 29.4 Å². The number of carbonyl (C=O) groups is 5. The lowest BCUT2D eigenvalue weighted by Gasteiger charge is -2.28. The zero-order valence-electron chi connectivity index (χ0n) is 30.1. The number of hydrogen-bond acceptors (Lipinski definition) is 8. The lowest BCUT2D eigenvalue weighted by Crippen LogP contribution is -2.57. The SMILES string of the molecule is CC(C)C[C@H](NC(=O)[C@@H](CCc1ccccc1)c1nccnc1C(N)=O)C(=O)N[C@@H](Cc1ccccc1)C(=O)N[C@@H](CC(C)C)C(=O)[C@@]1(C)CO1. The molecular formula is C39H50N6O6. The molecular weight excluding hydrogens is 648 g/mol. The first-order valence-electron chi connectivity index (χ1n) is 17.5. The van der Waals surface area contributed by atoms with Crippen molar-refractivity contribution in [3.8, 4) is 0 Å².